The molecule has 1 aliphatic heterocycles. The summed E-state index contributed by atoms with van der Waals surface area (Å²) in [6.07, 6.45) is 4.15. The first-order valence-electron chi connectivity index (χ1n) is 7.23. The molecule has 3 aromatic heterocycles. The van der Waals surface area contributed by atoms with Gasteiger partial charge >= 0.3 is 0 Å². The summed E-state index contributed by atoms with van der Waals surface area (Å²) in [5, 5.41) is 5.08. The minimum Gasteiger partial charge on any atom is -0.333 e. The zero-order chi connectivity index (χ0) is 15.1. The minimum absolute atomic E-state index is 0.0110. The molecule has 0 saturated heterocycles. The van der Waals surface area contributed by atoms with Gasteiger partial charge in [0.2, 0.25) is 0 Å². The van der Waals surface area contributed by atoms with Gasteiger partial charge in [0.05, 0.1) is 0 Å². The summed E-state index contributed by atoms with van der Waals surface area (Å²) in [7, 11) is 1.78. The first-order chi connectivity index (χ1) is 10.7. The fourth-order valence-corrected chi connectivity index (χ4v) is 2.88. The predicted molar refractivity (Wildman–Crippen MR) is 81.2 cm³/mol. The van der Waals surface area contributed by atoms with Crippen molar-refractivity contribution in [3.8, 4) is 0 Å². The first kappa shape index (κ1) is 12.9. The summed E-state index contributed by atoms with van der Waals surface area (Å²) in [5.74, 6) is 0.0110. The van der Waals surface area contributed by atoms with E-state index in [1.165, 1.54) is 0 Å². The average molecular weight is 293 g/mol. The summed E-state index contributed by atoms with van der Waals surface area (Å²) >= 11 is 0. The quantitative estimate of drug-likeness (QED) is 0.683. The molecule has 6 nitrogen and oxygen atoms in total. The maximum absolute atomic E-state index is 12.6. The van der Waals surface area contributed by atoms with Gasteiger partial charge in [-0.3, -0.25) is 9.48 Å². The van der Waals surface area contributed by atoms with Gasteiger partial charge in [-0.1, -0.05) is 0 Å². The zero-order valence-corrected chi connectivity index (χ0v) is 12.2. The third-order valence-corrected chi connectivity index (χ3v) is 4.07. The van der Waals surface area contributed by atoms with Gasteiger partial charge in [0.25, 0.3) is 5.91 Å². The predicted octanol–water partition coefficient (Wildman–Crippen LogP) is 1.56. The number of amides is 1. The molecule has 0 atom stereocenters. The van der Waals surface area contributed by atoms with Gasteiger partial charge in [-0.05, 0) is 29.8 Å². The van der Waals surface area contributed by atoms with Crippen LogP contribution in [0.5, 0.6) is 0 Å². The van der Waals surface area contributed by atoms with Crippen molar-refractivity contribution in [3.05, 3.63) is 53.6 Å². The van der Waals surface area contributed by atoms with Crippen molar-refractivity contribution in [2.75, 3.05) is 6.54 Å². The van der Waals surface area contributed by atoms with Crippen LogP contribution < -0.4 is 0 Å². The van der Waals surface area contributed by atoms with Gasteiger partial charge in [0.15, 0.2) is 5.65 Å². The van der Waals surface area contributed by atoms with Crippen LogP contribution in [-0.4, -0.2) is 37.1 Å². The Morgan fingerprint density at radius 1 is 1.27 bits per heavy atom. The average Bonchev–Trinajstić information content (AvgIpc) is 2.97. The van der Waals surface area contributed by atoms with E-state index in [1.54, 1.807) is 30.2 Å². The lowest BCUT2D eigenvalue weighted by Crippen LogP contribution is -2.37. The monoisotopic (exact) mass is 293 g/mol. The van der Waals surface area contributed by atoms with E-state index < -0.39 is 0 Å². The van der Waals surface area contributed by atoms with Crippen LogP contribution in [0.15, 0.2) is 36.7 Å². The molecule has 0 saturated carbocycles. The molecule has 4 heterocycles. The van der Waals surface area contributed by atoms with Crippen molar-refractivity contribution in [2.24, 2.45) is 7.05 Å². The van der Waals surface area contributed by atoms with Crippen LogP contribution in [-0.2, 0) is 20.0 Å². The van der Waals surface area contributed by atoms with E-state index in [9.17, 15) is 4.79 Å². The summed E-state index contributed by atoms with van der Waals surface area (Å²) in [6, 6.07) is 7.74. The standard InChI is InChI=1S/C16H15N5O/c1-20-14(4-7-18-20)16(22)21-8-5-13-12(10-21)9-11-3-2-6-17-15(11)19-13/h2-4,6-7,9H,5,8,10H2,1H3. The van der Waals surface area contributed by atoms with Gasteiger partial charge < -0.3 is 4.90 Å². The molecule has 0 radical (unpaired) electrons. The number of aryl methyl sites for hydroxylation is 1. The Kier molecular flexibility index (Phi) is 2.89. The van der Waals surface area contributed by atoms with Crippen LogP contribution in [0.25, 0.3) is 11.0 Å². The lowest BCUT2D eigenvalue weighted by Gasteiger charge is -2.28. The Balaban J connectivity index is 1.67. The molecule has 0 bridgehead atoms. The Morgan fingerprint density at radius 2 is 2.18 bits per heavy atom. The highest BCUT2D eigenvalue weighted by molar-refractivity contribution is 5.92. The second-order valence-electron chi connectivity index (χ2n) is 5.46. The number of fused-ring (bicyclic) bond motifs is 2. The number of aromatic nitrogens is 4. The second-order valence-corrected chi connectivity index (χ2v) is 5.46. The number of rotatable bonds is 1. The van der Waals surface area contributed by atoms with Crippen molar-refractivity contribution in [1.82, 2.24) is 24.6 Å². The molecular formula is C16H15N5O. The molecule has 22 heavy (non-hydrogen) atoms. The summed E-state index contributed by atoms with van der Waals surface area (Å²) < 4.78 is 1.61. The Morgan fingerprint density at radius 3 is 3.00 bits per heavy atom. The van der Waals surface area contributed by atoms with Gasteiger partial charge in [-0.15, -0.1) is 0 Å². The zero-order valence-electron chi connectivity index (χ0n) is 12.2. The van der Waals surface area contributed by atoms with E-state index in [4.69, 9.17) is 0 Å². The molecule has 4 rings (SSSR count). The van der Waals surface area contributed by atoms with Crippen LogP contribution in [0.3, 0.4) is 0 Å². The summed E-state index contributed by atoms with van der Waals surface area (Å²) in [5.41, 5.74) is 3.52. The van der Waals surface area contributed by atoms with Crippen molar-refractivity contribution < 1.29 is 4.79 Å². The van der Waals surface area contributed by atoms with Crippen LogP contribution in [0.2, 0.25) is 0 Å². The maximum Gasteiger partial charge on any atom is 0.272 e. The van der Waals surface area contributed by atoms with Crippen molar-refractivity contribution in [1.29, 1.82) is 0 Å². The SMILES string of the molecule is Cn1nccc1C(=O)N1CCc2nc3ncccc3cc2C1. The molecule has 0 fully saturated rings. The molecular weight excluding hydrogens is 278 g/mol. The van der Waals surface area contributed by atoms with Crippen LogP contribution in [0.4, 0.5) is 0 Å². The number of hydrogen-bond acceptors (Lipinski definition) is 4. The fourth-order valence-electron chi connectivity index (χ4n) is 2.88. The molecule has 3 aromatic rings. The molecule has 6 heteroatoms. The fraction of sp³-hybridized carbons (Fsp3) is 0.250. The lowest BCUT2D eigenvalue weighted by molar-refractivity contribution is 0.0722. The largest absolute Gasteiger partial charge is 0.333 e. The Hall–Kier alpha value is -2.76. The molecule has 0 N–H and O–H groups in total. The highest BCUT2D eigenvalue weighted by Crippen LogP contribution is 2.22. The second kappa shape index (κ2) is 4.91. The molecule has 110 valence electrons. The number of carbonyl (C=O) groups excluding carboxylic acids is 1. The Labute approximate surface area is 127 Å². The number of pyridine rings is 2. The van der Waals surface area contributed by atoms with Crippen LogP contribution in [0.1, 0.15) is 21.7 Å². The third-order valence-electron chi connectivity index (χ3n) is 4.07. The third kappa shape index (κ3) is 2.04. The molecule has 0 aromatic carbocycles. The normalized spacial score (nSPS) is 14.1. The minimum atomic E-state index is 0.0110. The van der Waals surface area contributed by atoms with Gasteiger partial charge in [-0.2, -0.15) is 5.10 Å². The number of carbonyl (C=O) groups is 1. The van der Waals surface area contributed by atoms with E-state index in [-0.39, 0.29) is 5.91 Å². The molecule has 0 spiro atoms. The van der Waals surface area contributed by atoms with Gasteiger partial charge in [-0.25, -0.2) is 9.97 Å². The Bertz CT molecular complexity index is 870. The topological polar surface area (TPSA) is 63.9 Å². The van der Waals surface area contributed by atoms with Crippen molar-refractivity contribution in [2.45, 2.75) is 13.0 Å². The summed E-state index contributed by atoms with van der Waals surface area (Å²) in [6.45, 7) is 1.25. The van der Waals surface area contributed by atoms with Crippen molar-refractivity contribution >= 4 is 16.9 Å². The summed E-state index contributed by atoms with van der Waals surface area (Å²) in [4.78, 5) is 23.4. The number of hydrogen-bond donors (Lipinski definition) is 0. The van der Waals surface area contributed by atoms with E-state index >= 15 is 0 Å². The highest BCUT2D eigenvalue weighted by Gasteiger charge is 2.24. The molecule has 1 amide bonds. The molecule has 0 unspecified atom stereocenters. The maximum atomic E-state index is 12.6. The van der Waals surface area contributed by atoms with Crippen molar-refractivity contribution in [3.63, 3.8) is 0 Å². The van der Waals surface area contributed by atoms with E-state index in [0.29, 0.717) is 18.8 Å². The van der Waals surface area contributed by atoms with Crippen LogP contribution >= 0.6 is 0 Å². The number of nitrogens with zero attached hydrogens (tertiary/aromatic N) is 5. The van der Waals surface area contributed by atoms with Gasteiger partial charge in [0.1, 0.15) is 5.69 Å². The molecule has 0 aliphatic carbocycles. The highest BCUT2D eigenvalue weighted by atomic mass is 16.2. The molecule has 1 aliphatic rings. The van der Waals surface area contributed by atoms with Gasteiger partial charge in [0, 0.05) is 50.0 Å². The van der Waals surface area contributed by atoms with E-state index in [2.05, 4.69) is 21.1 Å². The smallest absolute Gasteiger partial charge is 0.272 e. The van der Waals surface area contributed by atoms with Crippen LogP contribution in [0, 0.1) is 0 Å². The van der Waals surface area contributed by atoms with E-state index in [1.807, 2.05) is 17.0 Å². The lowest BCUT2D eigenvalue weighted by atomic mass is 10.0. The van der Waals surface area contributed by atoms with E-state index in [0.717, 1.165) is 28.7 Å². The first-order valence-corrected chi connectivity index (χ1v) is 7.23.